The van der Waals surface area contributed by atoms with Crippen LogP contribution in [0.25, 0.3) is 0 Å². The molecule has 3 aliphatic rings. The Morgan fingerprint density at radius 2 is 2.00 bits per heavy atom. The van der Waals surface area contributed by atoms with Crippen molar-refractivity contribution in [3.63, 3.8) is 0 Å². The molecule has 0 spiro atoms. The van der Waals surface area contributed by atoms with E-state index >= 15 is 0 Å². The van der Waals surface area contributed by atoms with Gasteiger partial charge in [0, 0.05) is 19.6 Å². The fraction of sp³-hybridized carbons (Fsp3) is 0.800. The van der Waals surface area contributed by atoms with Gasteiger partial charge >= 0.3 is 0 Å². The first kappa shape index (κ1) is 8.41. The average Bonchev–Trinajstić information content (AvgIpc) is 2.90. The Morgan fingerprint density at radius 3 is 2.64 bits per heavy atom. The van der Waals surface area contributed by atoms with Crippen LogP contribution < -0.4 is 5.32 Å². The highest BCUT2D eigenvalue weighted by molar-refractivity contribution is 6.05. The highest BCUT2D eigenvalue weighted by atomic mass is 16.2. The molecular weight excluding hydrogens is 180 g/mol. The van der Waals surface area contributed by atoms with Crippen molar-refractivity contribution in [3.8, 4) is 0 Å². The monoisotopic (exact) mass is 194 g/mol. The minimum Gasteiger partial charge on any atom is -0.312 e. The first-order valence-electron chi connectivity index (χ1n) is 5.25. The van der Waals surface area contributed by atoms with Crippen molar-refractivity contribution < 1.29 is 9.59 Å². The molecule has 2 aliphatic heterocycles. The lowest BCUT2D eigenvalue weighted by Crippen LogP contribution is -2.37. The standard InChI is InChI=1S/C10H14N2O2/c1-12-9(13)6-4-11-8(5-2-3-5)7(6)10(12)14/h5-8,11H,2-4H2,1H3/t6-,7+,8-/m1/s1. The Morgan fingerprint density at radius 1 is 1.29 bits per heavy atom. The topological polar surface area (TPSA) is 49.4 Å². The molecule has 1 N–H and O–H groups in total. The summed E-state index contributed by atoms with van der Waals surface area (Å²) in [6, 6.07) is 0.279. The van der Waals surface area contributed by atoms with Crippen LogP contribution in [0.15, 0.2) is 0 Å². The van der Waals surface area contributed by atoms with Crippen molar-refractivity contribution in [1.82, 2.24) is 10.2 Å². The number of rotatable bonds is 1. The van der Waals surface area contributed by atoms with E-state index in [0.29, 0.717) is 12.5 Å². The summed E-state index contributed by atoms with van der Waals surface area (Å²) in [6.07, 6.45) is 2.43. The Balaban J connectivity index is 1.90. The fourth-order valence-electron chi connectivity index (χ4n) is 2.83. The van der Waals surface area contributed by atoms with Gasteiger partial charge in [-0.15, -0.1) is 0 Å². The lowest BCUT2D eigenvalue weighted by atomic mass is 9.91. The second kappa shape index (κ2) is 2.57. The summed E-state index contributed by atoms with van der Waals surface area (Å²) in [7, 11) is 1.60. The molecule has 4 nitrogen and oxygen atoms in total. The van der Waals surface area contributed by atoms with Gasteiger partial charge in [0.2, 0.25) is 11.8 Å². The Kier molecular flexibility index (Phi) is 1.54. The number of carbonyl (C=O) groups is 2. The Hall–Kier alpha value is -0.900. The summed E-state index contributed by atoms with van der Waals surface area (Å²) in [5, 5.41) is 3.33. The zero-order valence-corrected chi connectivity index (χ0v) is 8.19. The second-order valence-electron chi connectivity index (χ2n) is 4.64. The molecule has 4 heteroatoms. The molecule has 0 aromatic heterocycles. The van der Waals surface area contributed by atoms with Crippen molar-refractivity contribution in [2.75, 3.05) is 13.6 Å². The molecule has 1 aliphatic carbocycles. The third kappa shape index (κ3) is 0.919. The van der Waals surface area contributed by atoms with Gasteiger partial charge in [-0.3, -0.25) is 14.5 Å². The number of amides is 2. The number of imide groups is 1. The van der Waals surface area contributed by atoms with Gasteiger partial charge in [-0.25, -0.2) is 0 Å². The zero-order valence-electron chi connectivity index (χ0n) is 8.19. The van der Waals surface area contributed by atoms with Crippen molar-refractivity contribution in [1.29, 1.82) is 0 Å². The molecule has 0 aromatic carbocycles. The fourth-order valence-corrected chi connectivity index (χ4v) is 2.83. The minimum absolute atomic E-state index is 0.00986. The van der Waals surface area contributed by atoms with E-state index in [-0.39, 0.29) is 29.7 Å². The average molecular weight is 194 g/mol. The molecule has 14 heavy (non-hydrogen) atoms. The van der Waals surface area contributed by atoms with Gasteiger partial charge in [0.05, 0.1) is 11.8 Å². The number of hydrogen-bond donors (Lipinski definition) is 1. The predicted octanol–water partition coefficient (Wildman–Crippen LogP) is -0.401. The van der Waals surface area contributed by atoms with Crippen LogP contribution in [0.1, 0.15) is 12.8 Å². The minimum atomic E-state index is -0.0712. The van der Waals surface area contributed by atoms with E-state index in [1.807, 2.05) is 0 Å². The molecule has 3 atom stereocenters. The third-order valence-electron chi connectivity index (χ3n) is 3.79. The number of carbonyl (C=O) groups excluding carboxylic acids is 2. The van der Waals surface area contributed by atoms with Crippen LogP contribution in [-0.4, -0.2) is 36.3 Å². The predicted molar refractivity (Wildman–Crippen MR) is 49.3 cm³/mol. The van der Waals surface area contributed by atoms with Crippen LogP contribution in [0.5, 0.6) is 0 Å². The zero-order chi connectivity index (χ0) is 9.87. The Bertz CT molecular complexity index is 311. The maximum Gasteiger partial charge on any atom is 0.234 e. The molecule has 3 fully saturated rings. The molecule has 0 unspecified atom stereocenters. The van der Waals surface area contributed by atoms with Crippen molar-refractivity contribution in [3.05, 3.63) is 0 Å². The molecule has 2 heterocycles. The smallest absolute Gasteiger partial charge is 0.234 e. The van der Waals surface area contributed by atoms with Gasteiger partial charge < -0.3 is 5.32 Å². The number of nitrogens with one attached hydrogen (secondary N) is 1. The largest absolute Gasteiger partial charge is 0.312 e. The van der Waals surface area contributed by atoms with Gasteiger partial charge in [0.15, 0.2) is 0 Å². The maximum atomic E-state index is 11.8. The summed E-state index contributed by atoms with van der Waals surface area (Å²) in [5.74, 6) is 0.559. The molecule has 0 aromatic rings. The summed E-state index contributed by atoms with van der Waals surface area (Å²) in [6.45, 7) is 0.695. The van der Waals surface area contributed by atoms with Gasteiger partial charge in [-0.1, -0.05) is 0 Å². The van der Waals surface area contributed by atoms with Crippen LogP contribution >= 0.6 is 0 Å². The highest BCUT2D eigenvalue weighted by Crippen LogP contribution is 2.43. The summed E-state index contributed by atoms with van der Waals surface area (Å²) in [4.78, 5) is 24.8. The van der Waals surface area contributed by atoms with Gasteiger partial charge in [-0.2, -0.15) is 0 Å². The molecule has 1 saturated carbocycles. The van der Waals surface area contributed by atoms with E-state index in [9.17, 15) is 9.59 Å². The van der Waals surface area contributed by atoms with E-state index in [1.54, 1.807) is 7.05 Å². The van der Waals surface area contributed by atoms with Crippen molar-refractivity contribution in [2.45, 2.75) is 18.9 Å². The summed E-state index contributed by atoms with van der Waals surface area (Å²) < 4.78 is 0. The van der Waals surface area contributed by atoms with E-state index in [1.165, 1.54) is 17.7 Å². The highest BCUT2D eigenvalue weighted by Gasteiger charge is 2.56. The third-order valence-corrected chi connectivity index (χ3v) is 3.79. The maximum absolute atomic E-state index is 11.8. The van der Waals surface area contributed by atoms with Crippen LogP contribution in [0.3, 0.4) is 0 Å². The van der Waals surface area contributed by atoms with Crippen LogP contribution in [-0.2, 0) is 9.59 Å². The second-order valence-corrected chi connectivity index (χ2v) is 4.64. The van der Waals surface area contributed by atoms with E-state index < -0.39 is 0 Å². The quantitative estimate of drug-likeness (QED) is 0.578. The first-order chi connectivity index (χ1) is 6.70. The lowest BCUT2D eigenvalue weighted by molar-refractivity contribution is -0.138. The van der Waals surface area contributed by atoms with Crippen LogP contribution in [0.2, 0.25) is 0 Å². The molecule has 3 rings (SSSR count). The number of fused-ring (bicyclic) bond motifs is 1. The number of hydrogen-bond acceptors (Lipinski definition) is 3. The van der Waals surface area contributed by atoms with E-state index in [4.69, 9.17) is 0 Å². The van der Waals surface area contributed by atoms with Gasteiger partial charge in [0.1, 0.15) is 0 Å². The molecule has 76 valence electrons. The molecular formula is C10H14N2O2. The molecule has 0 radical (unpaired) electrons. The molecule has 0 bridgehead atoms. The van der Waals surface area contributed by atoms with E-state index in [0.717, 1.165) is 0 Å². The van der Waals surface area contributed by atoms with Crippen molar-refractivity contribution in [2.24, 2.45) is 17.8 Å². The summed E-state index contributed by atoms with van der Waals surface area (Å²) >= 11 is 0. The number of likely N-dealkylation sites (tertiary alicyclic amines) is 1. The first-order valence-corrected chi connectivity index (χ1v) is 5.25. The summed E-state index contributed by atoms with van der Waals surface area (Å²) in [5.41, 5.74) is 0. The molecule has 2 amide bonds. The van der Waals surface area contributed by atoms with Crippen molar-refractivity contribution >= 4 is 11.8 Å². The van der Waals surface area contributed by atoms with Gasteiger partial charge in [-0.05, 0) is 18.8 Å². The number of nitrogens with zero attached hydrogens (tertiary/aromatic N) is 1. The lowest BCUT2D eigenvalue weighted by Gasteiger charge is -2.16. The SMILES string of the molecule is CN1C(=O)[C@@H]2[C@@H](C3CC3)NC[C@H]2C1=O. The molecule has 2 saturated heterocycles. The normalized spacial score (nSPS) is 42.1. The van der Waals surface area contributed by atoms with Crippen LogP contribution in [0.4, 0.5) is 0 Å². The van der Waals surface area contributed by atoms with E-state index in [2.05, 4.69) is 5.32 Å². The van der Waals surface area contributed by atoms with Gasteiger partial charge in [0.25, 0.3) is 0 Å². The van der Waals surface area contributed by atoms with Crippen LogP contribution in [0, 0.1) is 17.8 Å². The Labute approximate surface area is 82.6 Å².